The molecule has 0 fully saturated rings. The van der Waals surface area contributed by atoms with Crippen molar-refractivity contribution in [3.05, 3.63) is 71.2 Å². The Morgan fingerprint density at radius 3 is 2.60 bits per heavy atom. The number of benzene rings is 2. The molecule has 0 radical (unpaired) electrons. The van der Waals surface area contributed by atoms with E-state index in [2.05, 4.69) is 20.5 Å². The second-order valence-electron chi connectivity index (χ2n) is 6.63. The fraction of sp³-hybridized carbons (Fsp3) is 0.217. The lowest BCUT2D eigenvalue weighted by atomic mass is 9.99. The molecule has 0 saturated heterocycles. The summed E-state index contributed by atoms with van der Waals surface area (Å²) in [5, 5.41) is 4.00. The highest BCUT2D eigenvalue weighted by molar-refractivity contribution is 5.93. The molecule has 0 spiro atoms. The Morgan fingerprint density at radius 1 is 1.13 bits per heavy atom. The van der Waals surface area contributed by atoms with E-state index in [-0.39, 0.29) is 5.69 Å². The van der Waals surface area contributed by atoms with Crippen LogP contribution in [-0.2, 0) is 0 Å². The van der Waals surface area contributed by atoms with Crippen molar-refractivity contribution in [2.45, 2.75) is 20.8 Å². The third kappa shape index (κ3) is 5.00. The lowest BCUT2D eigenvalue weighted by Gasteiger charge is -2.13. The maximum Gasteiger partial charge on any atom is 0.291 e. The molecule has 30 heavy (non-hydrogen) atoms. The lowest BCUT2D eigenvalue weighted by molar-refractivity contribution is 0.0950. The van der Waals surface area contributed by atoms with Gasteiger partial charge in [0.05, 0.1) is 38.0 Å². The van der Waals surface area contributed by atoms with Crippen LogP contribution >= 0.6 is 0 Å². The number of carbonyl (C=O) groups is 1. The van der Waals surface area contributed by atoms with Gasteiger partial charge in [-0.25, -0.2) is 10.4 Å². The first-order chi connectivity index (χ1) is 14.5. The summed E-state index contributed by atoms with van der Waals surface area (Å²) in [4.78, 5) is 21.2. The van der Waals surface area contributed by atoms with Crippen LogP contribution < -0.4 is 14.9 Å². The van der Waals surface area contributed by atoms with Crippen molar-refractivity contribution in [3.8, 4) is 22.8 Å². The number of hydrogen-bond donors (Lipinski definition) is 1. The zero-order valence-corrected chi connectivity index (χ0v) is 17.5. The summed E-state index contributed by atoms with van der Waals surface area (Å²) in [6.45, 7) is 6.52. The van der Waals surface area contributed by atoms with Crippen LogP contribution in [0.25, 0.3) is 11.3 Å². The van der Waals surface area contributed by atoms with Gasteiger partial charge in [-0.1, -0.05) is 12.1 Å². The number of nitrogens with zero attached hydrogens (tertiary/aromatic N) is 3. The van der Waals surface area contributed by atoms with Crippen LogP contribution in [0.2, 0.25) is 0 Å². The molecule has 7 heteroatoms. The molecule has 0 aliphatic heterocycles. The van der Waals surface area contributed by atoms with Gasteiger partial charge in [-0.2, -0.15) is 5.10 Å². The Labute approximate surface area is 175 Å². The summed E-state index contributed by atoms with van der Waals surface area (Å²) in [6, 6.07) is 11.3. The molecular formula is C23H24N4O3. The predicted molar refractivity (Wildman–Crippen MR) is 116 cm³/mol. The normalized spacial score (nSPS) is 10.8. The monoisotopic (exact) mass is 404 g/mol. The molecule has 1 amide bonds. The topological polar surface area (TPSA) is 85.7 Å². The zero-order chi connectivity index (χ0) is 21.5. The van der Waals surface area contributed by atoms with Gasteiger partial charge >= 0.3 is 0 Å². The van der Waals surface area contributed by atoms with E-state index in [0.717, 1.165) is 28.0 Å². The Hall–Kier alpha value is -3.74. The van der Waals surface area contributed by atoms with Crippen LogP contribution in [0.15, 0.2) is 53.9 Å². The molecule has 3 aromatic rings. The number of amides is 1. The van der Waals surface area contributed by atoms with E-state index in [1.807, 2.05) is 57.2 Å². The number of methoxy groups -OCH3 is 1. The molecule has 3 rings (SSSR count). The van der Waals surface area contributed by atoms with Gasteiger partial charge in [0.25, 0.3) is 5.91 Å². The van der Waals surface area contributed by atoms with Crippen LogP contribution in [0.3, 0.4) is 0 Å². The minimum atomic E-state index is -0.440. The van der Waals surface area contributed by atoms with Gasteiger partial charge in [-0.3, -0.25) is 9.78 Å². The van der Waals surface area contributed by atoms with E-state index in [4.69, 9.17) is 9.47 Å². The molecule has 154 valence electrons. The minimum Gasteiger partial charge on any atom is -0.497 e. The highest BCUT2D eigenvalue weighted by Crippen LogP contribution is 2.29. The van der Waals surface area contributed by atoms with Crippen LogP contribution in [0.1, 0.15) is 34.1 Å². The van der Waals surface area contributed by atoms with Gasteiger partial charge in [-0.05, 0) is 61.7 Å². The first-order valence-electron chi connectivity index (χ1n) is 9.55. The molecule has 0 atom stereocenters. The molecule has 1 aromatic heterocycles. The number of aromatic nitrogens is 2. The van der Waals surface area contributed by atoms with Crippen molar-refractivity contribution in [1.29, 1.82) is 0 Å². The van der Waals surface area contributed by atoms with E-state index in [9.17, 15) is 4.79 Å². The average Bonchev–Trinajstić information content (AvgIpc) is 2.74. The fourth-order valence-corrected chi connectivity index (χ4v) is 3.12. The number of carbonyl (C=O) groups excluding carboxylic acids is 1. The SMILES string of the molecule is CCOc1cc(C)c(-c2cncc(C(=O)NN=Cc3cccc(OC)c3)n2)c(C)c1. The molecule has 0 aliphatic rings. The van der Waals surface area contributed by atoms with Gasteiger partial charge in [0, 0.05) is 5.56 Å². The van der Waals surface area contributed by atoms with Gasteiger partial charge in [0.2, 0.25) is 0 Å². The van der Waals surface area contributed by atoms with Crippen molar-refractivity contribution in [2.75, 3.05) is 13.7 Å². The van der Waals surface area contributed by atoms with Crippen LogP contribution in [0.4, 0.5) is 0 Å². The Morgan fingerprint density at radius 2 is 1.90 bits per heavy atom. The fourth-order valence-electron chi connectivity index (χ4n) is 3.12. The molecule has 7 nitrogen and oxygen atoms in total. The third-order valence-electron chi connectivity index (χ3n) is 4.41. The van der Waals surface area contributed by atoms with Crippen molar-refractivity contribution in [3.63, 3.8) is 0 Å². The number of hydrogen-bond acceptors (Lipinski definition) is 6. The van der Waals surface area contributed by atoms with Crippen LogP contribution in [-0.4, -0.2) is 35.8 Å². The minimum absolute atomic E-state index is 0.183. The van der Waals surface area contributed by atoms with E-state index >= 15 is 0 Å². The maximum absolute atomic E-state index is 12.5. The standard InChI is InChI=1S/C23H24N4O3/c1-5-30-19-9-15(2)22(16(3)10-19)20-13-24-14-21(26-20)23(28)27-25-12-17-7-6-8-18(11-17)29-4/h6-14H,5H2,1-4H3,(H,27,28). The maximum atomic E-state index is 12.5. The quantitative estimate of drug-likeness (QED) is 0.476. The number of ether oxygens (including phenoxy) is 2. The molecule has 1 heterocycles. The van der Waals surface area contributed by atoms with E-state index in [1.54, 1.807) is 19.5 Å². The number of rotatable bonds is 7. The molecule has 0 bridgehead atoms. The largest absolute Gasteiger partial charge is 0.497 e. The van der Waals surface area contributed by atoms with Crippen LogP contribution in [0.5, 0.6) is 11.5 Å². The molecule has 2 aromatic carbocycles. The van der Waals surface area contributed by atoms with E-state index < -0.39 is 5.91 Å². The number of nitrogens with one attached hydrogen (secondary N) is 1. The number of aryl methyl sites for hydroxylation is 2. The Kier molecular flexibility index (Phi) is 6.75. The highest BCUT2D eigenvalue weighted by atomic mass is 16.5. The van der Waals surface area contributed by atoms with Crippen LogP contribution in [0, 0.1) is 13.8 Å². The van der Waals surface area contributed by atoms with Crippen molar-refractivity contribution in [1.82, 2.24) is 15.4 Å². The van der Waals surface area contributed by atoms with E-state index in [1.165, 1.54) is 6.20 Å². The van der Waals surface area contributed by atoms with E-state index in [0.29, 0.717) is 18.1 Å². The first-order valence-corrected chi connectivity index (χ1v) is 9.55. The summed E-state index contributed by atoms with van der Waals surface area (Å²) < 4.78 is 10.8. The van der Waals surface area contributed by atoms with Crippen molar-refractivity contribution < 1.29 is 14.3 Å². The smallest absolute Gasteiger partial charge is 0.291 e. The summed E-state index contributed by atoms with van der Waals surface area (Å²) in [5.74, 6) is 1.08. The molecule has 1 N–H and O–H groups in total. The molecule has 0 unspecified atom stereocenters. The predicted octanol–water partition coefficient (Wildman–Crippen LogP) is 3.93. The van der Waals surface area contributed by atoms with Gasteiger partial charge < -0.3 is 9.47 Å². The molecule has 0 saturated carbocycles. The molecule has 0 aliphatic carbocycles. The Balaban J connectivity index is 1.78. The van der Waals surface area contributed by atoms with Crippen molar-refractivity contribution in [2.24, 2.45) is 5.10 Å². The molecular weight excluding hydrogens is 380 g/mol. The summed E-state index contributed by atoms with van der Waals surface area (Å²) in [6.07, 6.45) is 4.60. The zero-order valence-electron chi connectivity index (χ0n) is 17.5. The van der Waals surface area contributed by atoms with Crippen molar-refractivity contribution >= 4 is 12.1 Å². The number of hydrazone groups is 1. The second-order valence-corrected chi connectivity index (χ2v) is 6.63. The van der Waals surface area contributed by atoms with Gasteiger partial charge in [0.1, 0.15) is 17.2 Å². The lowest BCUT2D eigenvalue weighted by Crippen LogP contribution is -2.19. The van der Waals surface area contributed by atoms with Gasteiger partial charge in [0.15, 0.2) is 0 Å². The first kappa shape index (κ1) is 21.0. The van der Waals surface area contributed by atoms with Gasteiger partial charge in [-0.15, -0.1) is 0 Å². The second kappa shape index (κ2) is 9.65. The summed E-state index contributed by atoms with van der Waals surface area (Å²) in [5.41, 5.74) is 7.03. The average molecular weight is 404 g/mol. The summed E-state index contributed by atoms with van der Waals surface area (Å²) >= 11 is 0. The third-order valence-corrected chi connectivity index (χ3v) is 4.41. The highest BCUT2D eigenvalue weighted by Gasteiger charge is 2.13. The summed E-state index contributed by atoms with van der Waals surface area (Å²) in [7, 11) is 1.59. The Bertz CT molecular complexity index is 1060.